The number of aromatic nitrogens is 2. The monoisotopic (exact) mass is 240 g/mol. The summed E-state index contributed by atoms with van der Waals surface area (Å²) in [7, 11) is 0. The minimum Gasteiger partial charge on any atom is -0.480 e. The molecule has 17 heavy (non-hydrogen) atoms. The van der Waals surface area contributed by atoms with E-state index in [1.54, 1.807) is 0 Å². The summed E-state index contributed by atoms with van der Waals surface area (Å²) in [5, 5.41) is 15.7. The molecule has 1 aliphatic rings. The van der Waals surface area contributed by atoms with Crippen LogP contribution in [-0.2, 0) is 4.79 Å². The van der Waals surface area contributed by atoms with E-state index in [9.17, 15) is 9.59 Å². The fraction of sp³-hybridized carbons (Fsp3) is 0.556. The van der Waals surface area contributed by atoms with Gasteiger partial charge in [-0.05, 0) is 29.6 Å². The molecule has 1 atom stereocenters. The first-order chi connectivity index (χ1) is 8.11. The highest BCUT2D eigenvalue weighted by molar-refractivity contribution is 5.98. The number of hydrogen-bond donors (Lipinski definition) is 2. The highest BCUT2D eigenvalue weighted by Crippen LogP contribution is 2.20. The zero-order valence-electron chi connectivity index (χ0n) is 9.00. The molecule has 0 aromatic carbocycles. The summed E-state index contributed by atoms with van der Waals surface area (Å²) in [4.78, 5) is 24.3. The highest BCUT2D eigenvalue weighted by atomic mass is 16.6. The number of carboxylic acid groups (broad SMARTS) is 1. The molecule has 92 valence electrons. The van der Waals surface area contributed by atoms with Crippen LogP contribution in [0.2, 0.25) is 0 Å². The lowest BCUT2D eigenvalue weighted by molar-refractivity contribution is -0.143. The first-order valence-corrected chi connectivity index (χ1v) is 5.23. The molecule has 2 heterocycles. The summed E-state index contributed by atoms with van der Waals surface area (Å²) in [6.07, 6.45) is 1.99. The van der Waals surface area contributed by atoms with Gasteiger partial charge in [-0.3, -0.25) is 4.79 Å². The minimum atomic E-state index is -1.02. The van der Waals surface area contributed by atoms with Crippen molar-refractivity contribution in [3.63, 3.8) is 0 Å². The molecule has 8 heteroatoms. The van der Waals surface area contributed by atoms with E-state index >= 15 is 0 Å². The Hall–Kier alpha value is -2.12. The Bertz CT molecular complexity index is 444. The maximum absolute atomic E-state index is 12.0. The summed E-state index contributed by atoms with van der Waals surface area (Å²) >= 11 is 0. The quantitative estimate of drug-likeness (QED) is 0.729. The van der Waals surface area contributed by atoms with Crippen LogP contribution in [0.5, 0.6) is 0 Å². The summed E-state index contributed by atoms with van der Waals surface area (Å²) in [6, 6.07) is -0.827. The molecule has 1 aromatic heterocycles. The van der Waals surface area contributed by atoms with Crippen molar-refractivity contribution >= 4 is 17.7 Å². The average molecular weight is 240 g/mol. The average Bonchev–Trinajstić information content (AvgIpc) is 2.74. The summed E-state index contributed by atoms with van der Waals surface area (Å²) in [6.45, 7) is 0.377. The molecule has 1 aliphatic heterocycles. The fourth-order valence-corrected chi connectivity index (χ4v) is 1.91. The van der Waals surface area contributed by atoms with E-state index < -0.39 is 17.9 Å². The predicted molar refractivity (Wildman–Crippen MR) is 55.0 cm³/mol. The van der Waals surface area contributed by atoms with Crippen molar-refractivity contribution in [1.29, 1.82) is 0 Å². The van der Waals surface area contributed by atoms with Gasteiger partial charge in [-0.1, -0.05) is 0 Å². The molecule has 2 rings (SSSR count). The zero-order valence-corrected chi connectivity index (χ0v) is 9.00. The standard InChI is InChI=1S/C9H12N4O4/c10-7-6(11-17-12-7)8(14)13-4-2-1-3-5(13)9(15)16/h5H,1-4H2,(H2,10,12)(H,15,16). The Morgan fingerprint density at radius 3 is 2.76 bits per heavy atom. The first kappa shape index (κ1) is 11.4. The lowest BCUT2D eigenvalue weighted by Gasteiger charge is -2.32. The van der Waals surface area contributed by atoms with Gasteiger partial charge in [-0.15, -0.1) is 0 Å². The Balaban J connectivity index is 2.23. The fourth-order valence-electron chi connectivity index (χ4n) is 1.91. The largest absolute Gasteiger partial charge is 0.480 e. The number of nitrogens with zero attached hydrogens (tertiary/aromatic N) is 3. The van der Waals surface area contributed by atoms with Crippen LogP contribution >= 0.6 is 0 Å². The lowest BCUT2D eigenvalue weighted by Crippen LogP contribution is -2.48. The van der Waals surface area contributed by atoms with E-state index in [4.69, 9.17) is 10.8 Å². The first-order valence-electron chi connectivity index (χ1n) is 5.23. The third kappa shape index (κ3) is 2.05. The summed E-state index contributed by atoms with van der Waals surface area (Å²) in [5.74, 6) is -1.69. The van der Waals surface area contributed by atoms with Gasteiger partial charge in [0.05, 0.1) is 0 Å². The molecule has 8 nitrogen and oxygen atoms in total. The Morgan fingerprint density at radius 2 is 2.18 bits per heavy atom. The number of rotatable bonds is 2. The molecule has 0 saturated carbocycles. The molecule has 1 amide bonds. The van der Waals surface area contributed by atoms with Crippen LogP contribution in [0.25, 0.3) is 0 Å². The Kier molecular flexibility index (Phi) is 2.94. The van der Waals surface area contributed by atoms with Gasteiger partial charge in [0.2, 0.25) is 11.5 Å². The normalized spacial score (nSPS) is 20.2. The number of amides is 1. The topological polar surface area (TPSA) is 123 Å². The van der Waals surface area contributed by atoms with Crippen LogP contribution < -0.4 is 5.73 Å². The van der Waals surface area contributed by atoms with Crippen LogP contribution in [0, 0.1) is 0 Å². The molecule has 1 aromatic rings. The molecule has 0 aliphatic carbocycles. The Labute approximate surface area is 96.3 Å². The number of carboxylic acids is 1. The Morgan fingerprint density at radius 1 is 1.41 bits per heavy atom. The second kappa shape index (κ2) is 4.40. The van der Waals surface area contributed by atoms with Crippen molar-refractivity contribution in [1.82, 2.24) is 15.2 Å². The molecule has 1 saturated heterocycles. The number of piperidine rings is 1. The van der Waals surface area contributed by atoms with Crippen LogP contribution in [0.15, 0.2) is 4.63 Å². The van der Waals surface area contributed by atoms with Gasteiger partial charge in [-0.25, -0.2) is 9.42 Å². The predicted octanol–water partition coefficient (Wildman–Crippen LogP) is -0.269. The molecule has 0 radical (unpaired) electrons. The van der Waals surface area contributed by atoms with E-state index in [2.05, 4.69) is 14.9 Å². The molecule has 3 N–H and O–H groups in total. The van der Waals surface area contributed by atoms with Crippen LogP contribution in [0.1, 0.15) is 29.8 Å². The van der Waals surface area contributed by atoms with Crippen LogP contribution in [0.4, 0.5) is 5.82 Å². The molecule has 1 unspecified atom stereocenters. The van der Waals surface area contributed by atoms with Crippen molar-refractivity contribution < 1.29 is 19.3 Å². The number of carbonyl (C=O) groups excluding carboxylic acids is 1. The third-order valence-corrected chi connectivity index (χ3v) is 2.77. The van der Waals surface area contributed by atoms with E-state index in [0.717, 1.165) is 12.8 Å². The molecule has 0 spiro atoms. The van der Waals surface area contributed by atoms with Gasteiger partial charge in [-0.2, -0.15) is 0 Å². The van der Waals surface area contributed by atoms with Crippen LogP contribution in [0.3, 0.4) is 0 Å². The number of hydrogen-bond acceptors (Lipinski definition) is 6. The van der Waals surface area contributed by atoms with Crippen molar-refractivity contribution in [3.8, 4) is 0 Å². The van der Waals surface area contributed by atoms with Gasteiger partial charge in [0.15, 0.2) is 0 Å². The van der Waals surface area contributed by atoms with Gasteiger partial charge in [0, 0.05) is 6.54 Å². The van der Waals surface area contributed by atoms with Crippen LogP contribution in [-0.4, -0.2) is 44.8 Å². The number of nitrogens with two attached hydrogens (primary N) is 1. The second-order valence-electron chi connectivity index (χ2n) is 3.85. The SMILES string of the molecule is Nc1nonc1C(=O)N1CCCCC1C(=O)O. The van der Waals surface area contributed by atoms with E-state index in [0.29, 0.717) is 13.0 Å². The smallest absolute Gasteiger partial charge is 0.326 e. The lowest BCUT2D eigenvalue weighted by atomic mass is 10.0. The van der Waals surface area contributed by atoms with Gasteiger partial charge in [0.25, 0.3) is 5.91 Å². The molecular weight excluding hydrogens is 228 g/mol. The number of carbonyl (C=O) groups is 2. The summed E-state index contributed by atoms with van der Waals surface area (Å²) < 4.78 is 4.33. The van der Waals surface area contributed by atoms with Gasteiger partial charge >= 0.3 is 5.97 Å². The van der Waals surface area contributed by atoms with E-state index in [-0.39, 0.29) is 11.5 Å². The van der Waals surface area contributed by atoms with E-state index in [1.165, 1.54) is 4.90 Å². The molecule has 1 fully saturated rings. The number of aliphatic carboxylic acids is 1. The minimum absolute atomic E-state index is 0.121. The van der Waals surface area contributed by atoms with Gasteiger partial charge in [0.1, 0.15) is 6.04 Å². The molecular formula is C9H12N4O4. The zero-order chi connectivity index (χ0) is 12.4. The highest BCUT2D eigenvalue weighted by Gasteiger charge is 2.34. The number of anilines is 1. The second-order valence-corrected chi connectivity index (χ2v) is 3.85. The maximum atomic E-state index is 12.0. The number of nitrogen functional groups attached to an aromatic ring is 1. The van der Waals surface area contributed by atoms with Crippen molar-refractivity contribution in [2.24, 2.45) is 0 Å². The van der Waals surface area contributed by atoms with Crippen molar-refractivity contribution in [3.05, 3.63) is 5.69 Å². The van der Waals surface area contributed by atoms with Crippen molar-refractivity contribution in [2.75, 3.05) is 12.3 Å². The van der Waals surface area contributed by atoms with Crippen molar-refractivity contribution in [2.45, 2.75) is 25.3 Å². The van der Waals surface area contributed by atoms with Gasteiger partial charge < -0.3 is 15.7 Å². The molecule has 0 bridgehead atoms. The van der Waals surface area contributed by atoms with E-state index in [1.807, 2.05) is 0 Å². The number of likely N-dealkylation sites (tertiary alicyclic amines) is 1. The maximum Gasteiger partial charge on any atom is 0.326 e. The third-order valence-electron chi connectivity index (χ3n) is 2.77. The summed E-state index contributed by atoms with van der Waals surface area (Å²) in [5.41, 5.74) is 5.28.